The molecule has 4 nitrogen and oxygen atoms in total. The van der Waals surface area contributed by atoms with Gasteiger partial charge in [0.05, 0.1) is 18.9 Å². The van der Waals surface area contributed by atoms with Crippen molar-refractivity contribution in [2.24, 2.45) is 5.92 Å². The molecule has 2 unspecified atom stereocenters. The average molecular weight is 409 g/mol. The van der Waals surface area contributed by atoms with Crippen LogP contribution in [0.15, 0.2) is 12.3 Å². The Balaban J connectivity index is 0.00000122. The summed E-state index contributed by atoms with van der Waals surface area (Å²) in [5, 5.41) is 0. The van der Waals surface area contributed by atoms with E-state index >= 15 is 0 Å². The van der Waals surface area contributed by atoms with Gasteiger partial charge in [-0.15, -0.1) is 0 Å². The number of halogens is 3. The molecule has 2 atom stereocenters. The zero-order valence-corrected chi connectivity index (χ0v) is 17.9. The van der Waals surface area contributed by atoms with Crippen LogP contribution in [0.2, 0.25) is 0 Å². The van der Waals surface area contributed by atoms with Gasteiger partial charge < -0.3 is 9.47 Å². The molecule has 0 aromatic carbocycles. The van der Waals surface area contributed by atoms with E-state index in [1.165, 1.54) is 30.6 Å². The van der Waals surface area contributed by atoms with Crippen LogP contribution in [-0.4, -0.2) is 75.1 Å². The fraction of sp³-hybridized carbons (Fsp3) is 0.905. The molecule has 7 heteroatoms. The minimum atomic E-state index is -4.16. The van der Waals surface area contributed by atoms with Crippen molar-refractivity contribution in [3.8, 4) is 0 Å². The van der Waals surface area contributed by atoms with Gasteiger partial charge in [0, 0.05) is 26.1 Å². The van der Waals surface area contributed by atoms with E-state index in [1.54, 1.807) is 7.11 Å². The number of rotatable bonds is 8. The van der Waals surface area contributed by atoms with Gasteiger partial charge in [0.15, 0.2) is 0 Å². The van der Waals surface area contributed by atoms with Crippen LogP contribution < -0.4 is 0 Å². The summed E-state index contributed by atoms with van der Waals surface area (Å²) in [6.07, 6.45) is 2.23. The van der Waals surface area contributed by atoms with Crippen molar-refractivity contribution in [3.63, 3.8) is 0 Å². The van der Waals surface area contributed by atoms with Gasteiger partial charge in [-0.3, -0.25) is 9.80 Å². The van der Waals surface area contributed by atoms with Gasteiger partial charge in [-0.1, -0.05) is 33.3 Å². The summed E-state index contributed by atoms with van der Waals surface area (Å²) in [4.78, 5) is 3.83. The van der Waals surface area contributed by atoms with Crippen molar-refractivity contribution in [3.05, 3.63) is 12.3 Å². The number of ether oxygens (including phenoxy) is 2. The highest BCUT2D eigenvalue weighted by atomic mass is 19.4. The number of likely N-dealkylation sites (tertiary alicyclic amines) is 2. The van der Waals surface area contributed by atoms with Gasteiger partial charge in [-0.05, 0) is 45.3 Å². The molecule has 2 rings (SSSR count). The number of nitrogens with zero attached hydrogens (tertiary/aromatic N) is 2. The number of hydrogen-bond donors (Lipinski definition) is 0. The van der Waals surface area contributed by atoms with Gasteiger partial charge in [-0.25, -0.2) is 0 Å². The Morgan fingerprint density at radius 3 is 2.25 bits per heavy atom. The Hall–Kier alpha value is -0.790. The quantitative estimate of drug-likeness (QED) is 0.543. The Morgan fingerprint density at radius 1 is 1.07 bits per heavy atom. The molecule has 166 valence electrons. The summed E-state index contributed by atoms with van der Waals surface area (Å²) in [7, 11) is 1.64. The van der Waals surface area contributed by atoms with Crippen LogP contribution in [-0.2, 0) is 9.47 Å². The third kappa shape index (κ3) is 10.7. The normalized spacial score (nSPS) is 22.9. The highest BCUT2D eigenvalue weighted by Gasteiger charge is 2.34. The van der Waals surface area contributed by atoms with E-state index in [4.69, 9.17) is 9.47 Å². The molecule has 0 amide bonds. The van der Waals surface area contributed by atoms with Crippen LogP contribution in [0.25, 0.3) is 0 Å². The van der Waals surface area contributed by atoms with Crippen molar-refractivity contribution in [1.82, 2.24) is 9.80 Å². The number of hydrogen-bond acceptors (Lipinski definition) is 4. The first-order chi connectivity index (χ1) is 13.3. The smallest absolute Gasteiger partial charge is 0.401 e. The molecular formula is C21H39F3N2O2. The second-order valence-corrected chi connectivity index (χ2v) is 7.92. The monoisotopic (exact) mass is 408 g/mol. The average Bonchev–Trinajstić information content (AvgIpc) is 2.62. The van der Waals surface area contributed by atoms with E-state index in [0.29, 0.717) is 25.5 Å². The molecule has 2 aliphatic heterocycles. The molecule has 2 fully saturated rings. The van der Waals surface area contributed by atoms with Crippen LogP contribution in [0.1, 0.15) is 52.4 Å². The van der Waals surface area contributed by atoms with Gasteiger partial charge in [0.2, 0.25) is 0 Å². The third-order valence-corrected chi connectivity index (χ3v) is 4.94. The van der Waals surface area contributed by atoms with Crippen LogP contribution in [0.5, 0.6) is 0 Å². The molecule has 28 heavy (non-hydrogen) atoms. The van der Waals surface area contributed by atoms with Crippen molar-refractivity contribution < 1.29 is 22.6 Å². The molecule has 0 aliphatic carbocycles. The second kappa shape index (κ2) is 13.4. The fourth-order valence-electron chi connectivity index (χ4n) is 3.77. The van der Waals surface area contributed by atoms with E-state index in [0.717, 1.165) is 32.5 Å². The predicted molar refractivity (Wildman–Crippen MR) is 107 cm³/mol. The lowest BCUT2D eigenvalue weighted by molar-refractivity contribution is -0.149. The van der Waals surface area contributed by atoms with Gasteiger partial charge in [-0.2, -0.15) is 13.2 Å². The maximum absolute atomic E-state index is 12.6. The number of methoxy groups -OCH3 is 1. The van der Waals surface area contributed by atoms with Crippen molar-refractivity contribution >= 4 is 0 Å². The number of alkyl halides is 3. The predicted octanol–water partition coefficient (Wildman–Crippen LogP) is 4.71. The van der Waals surface area contributed by atoms with Crippen molar-refractivity contribution in [2.45, 2.75) is 64.7 Å². The number of piperidine rings is 2. The van der Waals surface area contributed by atoms with Crippen LogP contribution in [0.3, 0.4) is 0 Å². The Morgan fingerprint density at radius 2 is 1.68 bits per heavy atom. The molecule has 0 bridgehead atoms. The Kier molecular flexibility index (Phi) is 12.1. The highest BCUT2D eigenvalue weighted by Crippen LogP contribution is 2.27. The lowest BCUT2D eigenvalue weighted by Crippen LogP contribution is -2.43. The Labute approximate surface area is 169 Å². The van der Waals surface area contributed by atoms with Crippen LogP contribution >= 0.6 is 0 Å². The van der Waals surface area contributed by atoms with E-state index in [-0.39, 0.29) is 12.0 Å². The zero-order valence-electron chi connectivity index (χ0n) is 17.9. The maximum atomic E-state index is 12.6. The molecule has 2 aliphatic rings. The summed E-state index contributed by atoms with van der Waals surface area (Å²) in [6.45, 7) is 11.6. The largest absolute Gasteiger partial charge is 0.491 e. The van der Waals surface area contributed by atoms with E-state index in [1.807, 2.05) is 0 Å². The van der Waals surface area contributed by atoms with Crippen LogP contribution in [0, 0.1) is 5.92 Å². The highest BCUT2D eigenvalue weighted by molar-refractivity contribution is 4.96. The van der Waals surface area contributed by atoms with Gasteiger partial charge in [0.25, 0.3) is 0 Å². The van der Waals surface area contributed by atoms with Crippen molar-refractivity contribution in [2.75, 3.05) is 53.0 Å². The van der Waals surface area contributed by atoms with E-state index < -0.39 is 12.7 Å². The molecule has 0 saturated carbocycles. The molecule has 0 aromatic rings. The SMILES string of the molecule is C=C(OC(COC)CN1CCCCC1)C1CCCN(CC(F)(F)F)C1.CCC. The fourth-order valence-corrected chi connectivity index (χ4v) is 3.77. The lowest BCUT2D eigenvalue weighted by Gasteiger charge is -2.36. The first kappa shape index (κ1) is 25.2. The minimum absolute atomic E-state index is 0.0446. The second-order valence-electron chi connectivity index (χ2n) is 7.92. The summed E-state index contributed by atoms with van der Waals surface area (Å²) < 4.78 is 49.2. The minimum Gasteiger partial charge on any atom is -0.491 e. The van der Waals surface area contributed by atoms with Crippen molar-refractivity contribution in [1.29, 1.82) is 0 Å². The van der Waals surface area contributed by atoms with Crippen LogP contribution in [0.4, 0.5) is 13.2 Å². The topological polar surface area (TPSA) is 24.9 Å². The molecule has 0 spiro atoms. The van der Waals surface area contributed by atoms with Gasteiger partial charge in [0.1, 0.15) is 6.10 Å². The summed E-state index contributed by atoms with van der Waals surface area (Å²) in [5.41, 5.74) is 0. The Bertz CT molecular complexity index is 426. The molecule has 2 saturated heterocycles. The molecule has 0 aromatic heterocycles. The maximum Gasteiger partial charge on any atom is 0.401 e. The molecule has 2 heterocycles. The molecule has 0 N–H and O–H groups in total. The summed E-state index contributed by atoms with van der Waals surface area (Å²) >= 11 is 0. The van der Waals surface area contributed by atoms with E-state index in [2.05, 4.69) is 25.3 Å². The lowest BCUT2D eigenvalue weighted by atomic mass is 9.96. The zero-order chi connectivity index (χ0) is 21.0. The first-order valence-electron chi connectivity index (χ1n) is 10.6. The van der Waals surface area contributed by atoms with E-state index in [9.17, 15) is 13.2 Å². The summed E-state index contributed by atoms with van der Waals surface area (Å²) in [5.74, 6) is 0.558. The molecular weight excluding hydrogens is 369 g/mol. The summed E-state index contributed by atoms with van der Waals surface area (Å²) in [6, 6.07) is 0. The standard InChI is InChI=1S/C18H31F3N2O2.C3H8/c1-15(16-7-6-10-23(11-16)14-18(19,20)21)25-17(13-24-2)12-22-8-4-3-5-9-22;1-3-2/h16-17H,1,3-14H2,2H3;3H2,1-2H3. The van der Waals surface area contributed by atoms with Gasteiger partial charge >= 0.3 is 6.18 Å². The third-order valence-electron chi connectivity index (χ3n) is 4.94. The molecule has 0 radical (unpaired) electrons. The first-order valence-corrected chi connectivity index (χ1v) is 10.6.